The summed E-state index contributed by atoms with van der Waals surface area (Å²) >= 11 is 0. The fraction of sp³-hybridized carbons (Fsp3) is 0.667. The van der Waals surface area contributed by atoms with Gasteiger partial charge < -0.3 is 0 Å². The molecule has 0 spiro atoms. The van der Waals surface area contributed by atoms with Crippen molar-refractivity contribution < 1.29 is 0 Å². The zero-order chi connectivity index (χ0) is 11.2. The summed E-state index contributed by atoms with van der Waals surface area (Å²) in [5.74, 6) is 1.80. The molecule has 2 saturated heterocycles. The average molecular weight is 228 g/mol. The molecule has 3 fully saturated rings. The fourth-order valence-corrected chi connectivity index (χ4v) is 4.63. The Kier molecular flexibility index (Phi) is 2.26. The molecule has 0 amide bonds. The van der Waals surface area contributed by atoms with E-state index in [1.807, 2.05) is 12.4 Å². The van der Waals surface area contributed by atoms with Crippen LogP contribution in [-0.4, -0.2) is 29.7 Å². The normalized spacial score (nSPS) is 43.9. The lowest BCUT2D eigenvalue weighted by molar-refractivity contribution is 0.0651. The first-order valence-corrected chi connectivity index (χ1v) is 7.11. The second kappa shape index (κ2) is 3.81. The zero-order valence-corrected chi connectivity index (χ0v) is 10.3. The molecule has 3 heterocycles. The number of allylic oxidation sites excluding steroid dienone is 1. The van der Waals surface area contributed by atoms with Crippen molar-refractivity contribution in [2.24, 2.45) is 16.8 Å². The van der Waals surface area contributed by atoms with Crippen molar-refractivity contribution in [2.75, 3.05) is 6.54 Å². The van der Waals surface area contributed by atoms with Crippen molar-refractivity contribution in [2.45, 2.75) is 44.2 Å². The van der Waals surface area contributed by atoms with Crippen molar-refractivity contribution in [1.29, 1.82) is 0 Å². The zero-order valence-electron chi connectivity index (χ0n) is 10.3. The Morgan fingerprint density at radius 2 is 2.12 bits per heavy atom. The van der Waals surface area contributed by atoms with Crippen LogP contribution in [0.3, 0.4) is 0 Å². The molecule has 17 heavy (non-hydrogen) atoms. The molecule has 0 aromatic rings. The Bertz CT molecular complexity index is 405. The highest BCUT2D eigenvalue weighted by atomic mass is 15.2. The predicted octanol–water partition coefficient (Wildman–Crippen LogP) is 2.77. The number of piperidine rings is 1. The van der Waals surface area contributed by atoms with Gasteiger partial charge in [0.2, 0.25) is 0 Å². The van der Waals surface area contributed by atoms with Crippen LogP contribution in [0.4, 0.5) is 0 Å². The van der Waals surface area contributed by atoms with Crippen LogP contribution in [0, 0.1) is 11.8 Å². The van der Waals surface area contributed by atoms with Gasteiger partial charge in [0.25, 0.3) is 0 Å². The summed E-state index contributed by atoms with van der Waals surface area (Å²) < 4.78 is 0. The van der Waals surface area contributed by atoms with Gasteiger partial charge in [0.05, 0.1) is 6.04 Å². The van der Waals surface area contributed by atoms with Crippen molar-refractivity contribution >= 4 is 6.21 Å². The van der Waals surface area contributed by atoms with E-state index in [4.69, 9.17) is 0 Å². The van der Waals surface area contributed by atoms with E-state index in [9.17, 15) is 0 Å². The molecule has 90 valence electrons. The maximum atomic E-state index is 4.29. The minimum Gasteiger partial charge on any atom is -0.289 e. The number of nitrogens with zero attached hydrogens (tertiary/aromatic N) is 2. The third kappa shape index (κ3) is 1.40. The second-order valence-corrected chi connectivity index (χ2v) is 5.92. The lowest BCUT2D eigenvalue weighted by atomic mass is 9.72. The first-order valence-electron chi connectivity index (χ1n) is 7.11. The minimum absolute atomic E-state index is 0.563. The third-order valence-electron chi connectivity index (χ3n) is 5.19. The minimum atomic E-state index is 0.563. The molecule has 4 rings (SSSR count). The van der Waals surface area contributed by atoms with Crippen LogP contribution >= 0.6 is 0 Å². The molecule has 4 aliphatic rings. The first-order chi connectivity index (χ1) is 8.45. The van der Waals surface area contributed by atoms with Gasteiger partial charge in [-0.2, -0.15) is 0 Å². The molecule has 3 aliphatic heterocycles. The Morgan fingerprint density at radius 3 is 3.12 bits per heavy atom. The van der Waals surface area contributed by atoms with Crippen LogP contribution in [-0.2, 0) is 0 Å². The fourth-order valence-electron chi connectivity index (χ4n) is 4.63. The molecule has 4 atom stereocenters. The molecule has 0 N–H and O–H groups in total. The van der Waals surface area contributed by atoms with Gasteiger partial charge in [-0.3, -0.25) is 9.89 Å². The van der Waals surface area contributed by atoms with Crippen molar-refractivity contribution in [3.63, 3.8) is 0 Å². The van der Waals surface area contributed by atoms with Crippen LogP contribution < -0.4 is 0 Å². The number of rotatable bonds is 0. The third-order valence-corrected chi connectivity index (χ3v) is 5.19. The first kappa shape index (κ1) is 10.1. The molecule has 1 saturated carbocycles. The topological polar surface area (TPSA) is 15.6 Å². The summed E-state index contributed by atoms with van der Waals surface area (Å²) in [4.78, 5) is 7.06. The quantitative estimate of drug-likeness (QED) is 0.622. The summed E-state index contributed by atoms with van der Waals surface area (Å²) in [6, 6.07) is 1.42. The van der Waals surface area contributed by atoms with E-state index in [0.717, 1.165) is 17.9 Å². The van der Waals surface area contributed by atoms with Gasteiger partial charge in [-0.15, -0.1) is 0 Å². The number of aliphatic imine (C=N–C) groups is 1. The van der Waals surface area contributed by atoms with Gasteiger partial charge in [-0.1, -0.05) is 6.42 Å². The van der Waals surface area contributed by atoms with Crippen LogP contribution in [0.2, 0.25) is 0 Å². The second-order valence-electron chi connectivity index (χ2n) is 5.92. The highest BCUT2D eigenvalue weighted by Gasteiger charge is 2.49. The molecule has 0 bridgehead atoms. The number of hydrogen-bond acceptors (Lipinski definition) is 2. The summed E-state index contributed by atoms with van der Waals surface area (Å²) in [5.41, 5.74) is 1.65. The van der Waals surface area contributed by atoms with Crippen LogP contribution in [0.15, 0.2) is 28.9 Å². The summed E-state index contributed by atoms with van der Waals surface area (Å²) in [6.07, 6.45) is 15.8. The molecule has 0 aromatic heterocycles. The van der Waals surface area contributed by atoms with E-state index in [1.165, 1.54) is 38.6 Å². The molecule has 0 radical (unpaired) electrons. The van der Waals surface area contributed by atoms with Gasteiger partial charge in [0.15, 0.2) is 0 Å². The van der Waals surface area contributed by atoms with Crippen molar-refractivity contribution in [3.05, 3.63) is 23.9 Å². The maximum absolute atomic E-state index is 4.29. The highest BCUT2D eigenvalue weighted by Crippen LogP contribution is 2.49. The molecular formula is C15H20N2. The van der Waals surface area contributed by atoms with E-state index in [0.29, 0.717) is 6.04 Å². The van der Waals surface area contributed by atoms with Gasteiger partial charge in [0.1, 0.15) is 0 Å². The summed E-state index contributed by atoms with van der Waals surface area (Å²) in [6.45, 7) is 1.30. The Labute approximate surface area is 103 Å². The highest BCUT2D eigenvalue weighted by molar-refractivity contribution is 5.74. The lowest BCUT2D eigenvalue weighted by Gasteiger charge is -2.43. The van der Waals surface area contributed by atoms with Gasteiger partial charge >= 0.3 is 0 Å². The van der Waals surface area contributed by atoms with E-state index in [-0.39, 0.29) is 0 Å². The number of fused-ring (bicyclic) bond motifs is 3. The van der Waals surface area contributed by atoms with Crippen molar-refractivity contribution in [3.8, 4) is 0 Å². The largest absolute Gasteiger partial charge is 0.289 e. The van der Waals surface area contributed by atoms with Gasteiger partial charge in [0, 0.05) is 18.5 Å². The van der Waals surface area contributed by atoms with E-state index in [1.54, 1.807) is 5.57 Å². The Balaban J connectivity index is 1.78. The molecule has 2 nitrogen and oxygen atoms in total. The molecule has 4 unspecified atom stereocenters. The monoisotopic (exact) mass is 228 g/mol. The van der Waals surface area contributed by atoms with Gasteiger partial charge in [-0.25, -0.2) is 0 Å². The van der Waals surface area contributed by atoms with E-state index < -0.39 is 0 Å². The van der Waals surface area contributed by atoms with E-state index >= 15 is 0 Å². The molecule has 0 aromatic carbocycles. The average Bonchev–Trinajstić information content (AvgIpc) is 2.55. The van der Waals surface area contributed by atoms with Crippen LogP contribution in [0.25, 0.3) is 0 Å². The molecule has 1 aliphatic carbocycles. The van der Waals surface area contributed by atoms with Gasteiger partial charge in [-0.05, 0) is 61.8 Å². The number of hydrogen-bond donors (Lipinski definition) is 0. The molecular weight excluding hydrogens is 208 g/mol. The van der Waals surface area contributed by atoms with Crippen LogP contribution in [0.1, 0.15) is 32.1 Å². The van der Waals surface area contributed by atoms with Crippen molar-refractivity contribution in [1.82, 2.24) is 4.90 Å². The standard InChI is InChI=1S/C15H20N2/c1-3-11-4-2-10-17-14-7-9-16-8-6-12(14)13(5-1)15(11)17/h6-9,11,13-15H,1-5,10H2. The smallest absolute Gasteiger partial charge is 0.0518 e. The summed E-state index contributed by atoms with van der Waals surface area (Å²) in [5, 5.41) is 0. The Hall–Kier alpha value is -0.890. The molecule has 2 heteroatoms. The maximum Gasteiger partial charge on any atom is 0.0518 e. The summed E-state index contributed by atoms with van der Waals surface area (Å²) in [7, 11) is 0. The lowest BCUT2D eigenvalue weighted by Crippen LogP contribution is -2.47. The van der Waals surface area contributed by atoms with E-state index in [2.05, 4.69) is 22.0 Å². The Morgan fingerprint density at radius 1 is 1.18 bits per heavy atom. The van der Waals surface area contributed by atoms with Crippen LogP contribution in [0.5, 0.6) is 0 Å². The predicted molar refractivity (Wildman–Crippen MR) is 70.1 cm³/mol. The SMILES string of the molecule is C1=CC2C(=CC=N1)C1CCCC3CCCN2C31.